The highest BCUT2D eigenvalue weighted by molar-refractivity contribution is 5.99. The van der Waals surface area contributed by atoms with Crippen LogP contribution in [0.3, 0.4) is 0 Å². The molecule has 0 aromatic carbocycles. The molecule has 1 atom stereocenters. The van der Waals surface area contributed by atoms with Gasteiger partial charge in [0.1, 0.15) is 5.56 Å². The number of aliphatic hydroxyl groups is 2. The van der Waals surface area contributed by atoms with Crippen LogP contribution in [0.1, 0.15) is 16.1 Å². The first-order valence-corrected chi connectivity index (χ1v) is 5.50. The van der Waals surface area contributed by atoms with Gasteiger partial charge in [0.2, 0.25) is 0 Å². The zero-order valence-electron chi connectivity index (χ0n) is 9.87. The lowest BCUT2D eigenvalue weighted by Crippen LogP contribution is -2.33. The fraction of sp³-hybridized carbons (Fsp3) is 0.364. The van der Waals surface area contributed by atoms with E-state index in [0.29, 0.717) is 11.2 Å². The summed E-state index contributed by atoms with van der Waals surface area (Å²) < 4.78 is 1.50. The molecule has 0 aliphatic carbocycles. The van der Waals surface area contributed by atoms with Crippen molar-refractivity contribution in [3.63, 3.8) is 0 Å². The number of aryl methyl sites for hydroxylation is 1. The minimum atomic E-state index is -0.967. The topological polar surface area (TPSA) is 99.8 Å². The molecule has 7 nitrogen and oxygen atoms in total. The average molecular weight is 250 g/mol. The molecule has 2 aromatic rings. The van der Waals surface area contributed by atoms with Crippen molar-refractivity contribution in [2.24, 2.45) is 0 Å². The van der Waals surface area contributed by atoms with E-state index in [1.165, 1.54) is 10.7 Å². The third kappa shape index (κ3) is 2.47. The molecule has 2 heterocycles. The number of aliphatic hydroxyl groups excluding tert-OH is 2. The van der Waals surface area contributed by atoms with Gasteiger partial charge in [-0.25, -0.2) is 9.50 Å². The number of rotatable bonds is 4. The van der Waals surface area contributed by atoms with Crippen LogP contribution in [-0.4, -0.2) is 50.0 Å². The molecule has 96 valence electrons. The summed E-state index contributed by atoms with van der Waals surface area (Å²) in [6, 6.07) is 1.79. The van der Waals surface area contributed by atoms with Crippen molar-refractivity contribution in [3.05, 3.63) is 29.7 Å². The van der Waals surface area contributed by atoms with Crippen molar-refractivity contribution in [3.8, 4) is 0 Å². The van der Waals surface area contributed by atoms with Crippen LogP contribution in [-0.2, 0) is 0 Å². The van der Waals surface area contributed by atoms with Crippen LogP contribution in [0.2, 0.25) is 0 Å². The van der Waals surface area contributed by atoms with Gasteiger partial charge < -0.3 is 15.5 Å². The fourth-order valence-corrected chi connectivity index (χ4v) is 1.49. The van der Waals surface area contributed by atoms with E-state index in [-0.39, 0.29) is 12.5 Å². The second kappa shape index (κ2) is 5.11. The molecule has 2 aromatic heterocycles. The number of fused-ring (bicyclic) bond motifs is 1. The van der Waals surface area contributed by atoms with E-state index >= 15 is 0 Å². The maximum absolute atomic E-state index is 11.9. The smallest absolute Gasteiger partial charge is 0.256 e. The lowest BCUT2D eigenvalue weighted by atomic mass is 10.3. The third-order valence-electron chi connectivity index (χ3n) is 2.46. The van der Waals surface area contributed by atoms with Crippen LogP contribution >= 0.6 is 0 Å². The molecule has 0 radical (unpaired) electrons. The molecule has 0 saturated carbocycles. The van der Waals surface area contributed by atoms with Gasteiger partial charge in [0.15, 0.2) is 5.65 Å². The van der Waals surface area contributed by atoms with Gasteiger partial charge in [-0.05, 0) is 13.0 Å². The predicted octanol–water partition coefficient (Wildman–Crippen LogP) is -0.879. The van der Waals surface area contributed by atoms with Crippen LogP contribution in [0.15, 0.2) is 18.5 Å². The van der Waals surface area contributed by atoms with Crippen LogP contribution in [0.25, 0.3) is 5.65 Å². The van der Waals surface area contributed by atoms with E-state index in [0.717, 1.165) is 5.69 Å². The van der Waals surface area contributed by atoms with Crippen LogP contribution in [0, 0.1) is 6.92 Å². The molecule has 0 aliphatic rings. The molecule has 7 heteroatoms. The molecule has 0 aliphatic heterocycles. The van der Waals surface area contributed by atoms with Crippen molar-refractivity contribution in [2.45, 2.75) is 13.0 Å². The first-order valence-electron chi connectivity index (χ1n) is 5.50. The van der Waals surface area contributed by atoms with Crippen molar-refractivity contribution in [1.82, 2.24) is 19.9 Å². The highest BCUT2D eigenvalue weighted by Crippen LogP contribution is 2.08. The number of hydrogen-bond acceptors (Lipinski definition) is 5. The standard InChI is InChI=1S/C11H14N4O3/c1-7-2-3-15-10(14-7)9(5-13-15)11(18)12-4-8(17)6-16/h2-3,5,8,16-17H,4,6H2,1H3,(H,12,18). The molecule has 18 heavy (non-hydrogen) atoms. The summed E-state index contributed by atoms with van der Waals surface area (Å²) >= 11 is 0. The maximum atomic E-state index is 11.9. The van der Waals surface area contributed by atoms with Crippen molar-refractivity contribution in [2.75, 3.05) is 13.2 Å². The molecule has 3 N–H and O–H groups in total. The van der Waals surface area contributed by atoms with Gasteiger partial charge in [0.05, 0.1) is 18.9 Å². The Balaban J connectivity index is 2.20. The molecular weight excluding hydrogens is 236 g/mol. The van der Waals surface area contributed by atoms with E-state index in [1.807, 2.05) is 6.92 Å². The molecular formula is C11H14N4O3. The predicted molar refractivity (Wildman–Crippen MR) is 63.1 cm³/mol. The van der Waals surface area contributed by atoms with Gasteiger partial charge in [-0.3, -0.25) is 4.79 Å². The number of carbonyl (C=O) groups is 1. The highest BCUT2D eigenvalue weighted by Gasteiger charge is 2.14. The number of nitrogens with zero attached hydrogens (tertiary/aromatic N) is 3. The summed E-state index contributed by atoms with van der Waals surface area (Å²) in [6.45, 7) is 1.41. The summed E-state index contributed by atoms with van der Waals surface area (Å²) in [5.41, 5.74) is 1.59. The number of hydrogen-bond donors (Lipinski definition) is 3. The fourth-order valence-electron chi connectivity index (χ4n) is 1.49. The summed E-state index contributed by atoms with van der Waals surface area (Å²) in [7, 11) is 0. The van der Waals surface area contributed by atoms with Gasteiger partial charge >= 0.3 is 0 Å². The number of amides is 1. The molecule has 2 rings (SSSR count). The third-order valence-corrected chi connectivity index (χ3v) is 2.46. The zero-order valence-corrected chi connectivity index (χ0v) is 9.87. The second-order valence-corrected chi connectivity index (χ2v) is 3.94. The molecule has 0 fully saturated rings. The van der Waals surface area contributed by atoms with Crippen LogP contribution < -0.4 is 5.32 Å². The molecule has 1 unspecified atom stereocenters. The molecule has 1 amide bonds. The van der Waals surface area contributed by atoms with Crippen molar-refractivity contribution < 1.29 is 15.0 Å². The molecule has 0 bridgehead atoms. The largest absolute Gasteiger partial charge is 0.394 e. The first kappa shape index (κ1) is 12.5. The van der Waals surface area contributed by atoms with Gasteiger partial charge in [-0.15, -0.1) is 0 Å². The minimum Gasteiger partial charge on any atom is -0.394 e. The Morgan fingerprint density at radius 1 is 1.61 bits per heavy atom. The minimum absolute atomic E-state index is 0.0154. The summed E-state index contributed by atoms with van der Waals surface area (Å²) in [5, 5.41) is 24.3. The van der Waals surface area contributed by atoms with Crippen LogP contribution in [0.5, 0.6) is 0 Å². The van der Waals surface area contributed by atoms with Gasteiger partial charge in [-0.1, -0.05) is 0 Å². The van der Waals surface area contributed by atoms with Crippen molar-refractivity contribution >= 4 is 11.6 Å². The Bertz CT molecular complexity index is 566. The first-order chi connectivity index (χ1) is 8.61. The lowest BCUT2D eigenvalue weighted by molar-refractivity contribution is 0.0803. The van der Waals surface area contributed by atoms with E-state index < -0.39 is 12.7 Å². The lowest BCUT2D eigenvalue weighted by Gasteiger charge is -2.07. The molecule has 0 saturated heterocycles. The summed E-state index contributed by atoms with van der Waals surface area (Å²) in [4.78, 5) is 16.1. The normalized spacial score (nSPS) is 12.6. The zero-order chi connectivity index (χ0) is 13.1. The Labute approximate surface area is 103 Å². The van der Waals surface area contributed by atoms with Crippen molar-refractivity contribution in [1.29, 1.82) is 0 Å². The quantitative estimate of drug-likeness (QED) is 0.654. The van der Waals surface area contributed by atoms with Crippen LogP contribution in [0.4, 0.5) is 0 Å². The Morgan fingerprint density at radius 2 is 2.39 bits per heavy atom. The van der Waals surface area contributed by atoms with E-state index in [1.54, 1.807) is 12.3 Å². The Kier molecular flexibility index (Phi) is 3.54. The SMILES string of the molecule is Cc1ccn2ncc(C(=O)NCC(O)CO)c2n1. The highest BCUT2D eigenvalue weighted by atomic mass is 16.3. The van der Waals surface area contributed by atoms with Gasteiger partial charge in [-0.2, -0.15) is 5.10 Å². The van der Waals surface area contributed by atoms with Gasteiger partial charge in [0.25, 0.3) is 5.91 Å². The van der Waals surface area contributed by atoms with E-state index in [2.05, 4.69) is 15.4 Å². The van der Waals surface area contributed by atoms with E-state index in [9.17, 15) is 4.79 Å². The van der Waals surface area contributed by atoms with Gasteiger partial charge in [0, 0.05) is 18.4 Å². The number of aromatic nitrogens is 3. The Morgan fingerprint density at radius 3 is 3.11 bits per heavy atom. The average Bonchev–Trinajstić information content (AvgIpc) is 2.78. The summed E-state index contributed by atoms with van der Waals surface area (Å²) in [6.07, 6.45) is 2.17. The Hall–Kier alpha value is -1.99. The second-order valence-electron chi connectivity index (χ2n) is 3.94. The monoisotopic (exact) mass is 250 g/mol. The van der Waals surface area contributed by atoms with E-state index in [4.69, 9.17) is 10.2 Å². The molecule has 0 spiro atoms. The summed E-state index contributed by atoms with van der Waals surface area (Å²) in [5.74, 6) is -0.379. The number of nitrogens with one attached hydrogen (secondary N) is 1. The maximum Gasteiger partial charge on any atom is 0.256 e. The number of carbonyl (C=O) groups excluding carboxylic acids is 1.